The molecule has 2 unspecified atom stereocenters. The molecule has 2 atom stereocenters. The molecule has 0 aliphatic heterocycles. The van der Waals surface area contributed by atoms with Crippen LogP contribution in [-0.2, 0) is 0 Å². The molecule has 2 heteroatoms. The minimum Gasteiger partial charge on any atom is -0.0884 e. The van der Waals surface area contributed by atoms with Crippen LogP contribution in [0.3, 0.4) is 0 Å². The van der Waals surface area contributed by atoms with Crippen molar-refractivity contribution in [3.8, 4) is 0 Å². The topological polar surface area (TPSA) is 0 Å². The summed E-state index contributed by atoms with van der Waals surface area (Å²) < 4.78 is 0. The van der Waals surface area contributed by atoms with Gasteiger partial charge in [0.15, 0.2) is 0 Å². The van der Waals surface area contributed by atoms with E-state index in [2.05, 4.69) is 28.1 Å². The van der Waals surface area contributed by atoms with E-state index in [0.29, 0.717) is 10.7 Å². The lowest BCUT2D eigenvalue weighted by molar-refractivity contribution is 0.461. The highest BCUT2D eigenvalue weighted by atomic mass is 79.9. The lowest BCUT2D eigenvalue weighted by Gasteiger charge is -2.27. The molecule has 0 heterocycles. The summed E-state index contributed by atoms with van der Waals surface area (Å²) in [4.78, 5) is 0.634. The van der Waals surface area contributed by atoms with E-state index in [1.165, 1.54) is 31.2 Å². The summed E-state index contributed by atoms with van der Waals surface area (Å²) in [5.74, 6) is 0.655. The van der Waals surface area contributed by atoms with E-state index in [0.717, 1.165) is 5.02 Å². The first-order valence-corrected chi connectivity index (χ1v) is 6.46. The fourth-order valence-electron chi connectivity index (χ4n) is 2.20. The Hall–Kier alpha value is -0.0100. The van der Waals surface area contributed by atoms with Gasteiger partial charge in [-0.25, -0.2) is 0 Å². The zero-order valence-electron chi connectivity index (χ0n) is 8.05. The van der Waals surface area contributed by atoms with E-state index < -0.39 is 0 Å². The van der Waals surface area contributed by atoms with Crippen molar-refractivity contribution in [3.05, 3.63) is 34.9 Å². The molecule has 0 N–H and O–H groups in total. The van der Waals surface area contributed by atoms with Crippen LogP contribution < -0.4 is 0 Å². The Kier molecular flexibility index (Phi) is 3.51. The van der Waals surface area contributed by atoms with Gasteiger partial charge in [0, 0.05) is 9.85 Å². The van der Waals surface area contributed by atoms with Gasteiger partial charge in [0.25, 0.3) is 0 Å². The van der Waals surface area contributed by atoms with Crippen LogP contribution in [-0.4, -0.2) is 4.83 Å². The fraction of sp³-hybridized carbons (Fsp3) is 0.500. The minimum absolute atomic E-state index is 0.634. The van der Waals surface area contributed by atoms with Crippen molar-refractivity contribution in [2.45, 2.75) is 36.4 Å². The number of hydrogen-bond acceptors (Lipinski definition) is 0. The van der Waals surface area contributed by atoms with E-state index >= 15 is 0 Å². The van der Waals surface area contributed by atoms with E-state index in [1.54, 1.807) is 0 Å². The number of alkyl halides is 1. The van der Waals surface area contributed by atoms with Gasteiger partial charge in [0.05, 0.1) is 0 Å². The molecule has 76 valence electrons. The Labute approximate surface area is 98.8 Å². The lowest BCUT2D eigenvalue weighted by Crippen LogP contribution is -2.17. The summed E-state index contributed by atoms with van der Waals surface area (Å²) in [6.07, 6.45) is 5.28. The molecule has 1 aromatic carbocycles. The molecule has 0 amide bonds. The predicted molar refractivity (Wildman–Crippen MR) is 65.4 cm³/mol. The van der Waals surface area contributed by atoms with E-state index in [9.17, 15) is 0 Å². The van der Waals surface area contributed by atoms with Gasteiger partial charge in [-0.2, -0.15) is 0 Å². The highest BCUT2D eigenvalue weighted by Crippen LogP contribution is 2.37. The molecule has 0 bridgehead atoms. The van der Waals surface area contributed by atoms with Gasteiger partial charge in [-0.05, 0) is 36.5 Å². The zero-order chi connectivity index (χ0) is 9.97. The van der Waals surface area contributed by atoms with Crippen LogP contribution in [0.4, 0.5) is 0 Å². The molecule has 0 nitrogen and oxygen atoms in total. The third-order valence-corrected chi connectivity index (χ3v) is 4.29. The molecule has 1 aromatic rings. The van der Waals surface area contributed by atoms with Gasteiger partial charge in [0.2, 0.25) is 0 Å². The fourth-order valence-corrected chi connectivity index (χ4v) is 3.29. The summed E-state index contributed by atoms with van der Waals surface area (Å²) in [6.45, 7) is 0. The van der Waals surface area contributed by atoms with Crippen LogP contribution in [0.5, 0.6) is 0 Å². The monoisotopic (exact) mass is 272 g/mol. The zero-order valence-corrected chi connectivity index (χ0v) is 10.4. The number of rotatable bonds is 1. The van der Waals surface area contributed by atoms with E-state index in [1.807, 2.05) is 12.1 Å². The van der Waals surface area contributed by atoms with Crippen molar-refractivity contribution < 1.29 is 0 Å². The lowest BCUT2D eigenvalue weighted by atomic mass is 9.84. The van der Waals surface area contributed by atoms with Crippen molar-refractivity contribution in [2.75, 3.05) is 0 Å². The number of hydrogen-bond donors (Lipinski definition) is 0. The normalized spacial score (nSPS) is 27.6. The van der Waals surface area contributed by atoms with Gasteiger partial charge in [-0.3, -0.25) is 0 Å². The average molecular weight is 274 g/mol. The average Bonchev–Trinajstić information content (AvgIpc) is 2.18. The van der Waals surface area contributed by atoms with E-state index in [4.69, 9.17) is 11.6 Å². The van der Waals surface area contributed by atoms with Gasteiger partial charge in [0.1, 0.15) is 0 Å². The third-order valence-electron chi connectivity index (χ3n) is 2.96. The van der Waals surface area contributed by atoms with Crippen LogP contribution in [0.2, 0.25) is 5.02 Å². The molecule has 1 aliphatic carbocycles. The van der Waals surface area contributed by atoms with Crippen molar-refractivity contribution in [1.29, 1.82) is 0 Å². The molecular weight excluding hydrogens is 259 g/mol. The Morgan fingerprint density at radius 2 is 2.00 bits per heavy atom. The second-order valence-electron chi connectivity index (χ2n) is 3.96. The Morgan fingerprint density at radius 1 is 1.21 bits per heavy atom. The first-order valence-electron chi connectivity index (χ1n) is 5.17. The quantitative estimate of drug-likeness (QED) is 0.647. The van der Waals surface area contributed by atoms with Crippen molar-refractivity contribution in [2.24, 2.45) is 0 Å². The Morgan fingerprint density at radius 3 is 2.71 bits per heavy atom. The van der Waals surface area contributed by atoms with Crippen molar-refractivity contribution in [3.63, 3.8) is 0 Å². The summed E-state index contributed by atoms with van der Waals surface area (Å²) in [6, 6.07) is 8.28. The van der Waals surface area contributed by atoms with E-state index in [-0.39, 0.29) is 0 Å². The maximum absolute atomic E-state index is 6.00. The molecule has 14 heavy (non-hydrogen) atoms. The Bertz CT molecular complexity index is 311. The minimum atomic E-state index is 0.634. The number of halogens is 2. The highest BCUT2D eigenvalue weighted by Gasteiger charge is 2.23. The third kappa shape index (κ3) is 2.32. The largest absolute Gasteiger partial charge is 0.0884 e. The molecule has 1 saturated carbocycles. The van der Waals surface area contributed by atoms with Gasteiger partial charge >= 0.3 is 0 Å². The van der Waals surface area contributed by atoms with Gasteiger partial charge < -0.3 is 0 Å². The number of benzene rings is 1. The van der Waals surface area contributed by atoms with Crippen molar-refractivity contribution >= 4 is 27.5 Å². The molecule has 2 rings (SSSR count). The van der Waals surface area contributed by atoms with Gasteiger partial charge in [-0.1, -0.05) is 52.5 Å². The standard InChI is InChI=1S/C12H14BrCl/c13-12-7-2-1-6-11(12)9-4-3-5-10(14)8-9/h3-5,8,11-12H,1-2,6-7H2. The second-order valence-corrected chi connectivity index (χ2v) is 5.57. The molecule has 1 fully saturated rings. The van der Waals surface area contributed by atoms with Crippen LogP contribution in [0.15, 0.2) is 24.3 Å². The molecule has 0 radical (unpaired) electrons. The second kappa shape index (κ2) is 4.67. The molecule has 0 aromatic heterocycles. The van der Waals surface area contributed by atoms with Crippen molar-refractivity contribution in [1.82, 2.24) is 0 Å². The van der Waals surface area contributed by atoms with Crippen LogP contribution in [0.1, 0.15) is 37.2 Å². The summed E-state index contributed by atoms with van der Waals surface area (Å²) in [7, 11) is 0. The summed E-state index contributed by atoms with van der Waals surface area (Å²) in [5.41, 5.74) is 1.39. The molecular formula is C12H14BrCl. The smallest absolute Gasteiger partial charge is 0.0408 e. The predicted octanol–water partition coefficient (Wildman–Crippen LogP) is 4.76. The summed E-state index contributed by atoms with van der Waals surface area (Å²) in [5, 5.41) is 0.854. The highest BCUT2D eigenvalue weighted by molar-refractivity contribution is 9.09. The molecule has 0 spiro atoms. The summed E-state index contributed by atoms with van der Waals surface area (Å²) >= 11 is 9.77. The maximum atomic E-state index is 6.00. The first kappa shape index (κ1) is 10.5. The van der Waals surface area contributed by atoms with Crippen LogP contribution >= 0.6 is 27.5 Å². The van der Waals surface area contributed by atoms with Crippen LogP contribution in [0.25, 0.3) is 0 Å². The molecule has 1 aliphatic rings. The molecule has 0 saturated heterocycles. The van der Waals surface area contributed by atoms with Gasteiger partial charge in [-0.15, -0.1) is 0 Å². The van der Waals surface area contributed by atoms with Crippen LogP contribution in [0, 0.1) is 0 Å². The Balaban J connectivity index is 2.20. The first-order chi connectivity index (χ1) is 6.77. The maximum Gasteiger partial charge on any atom is 0.0408 e. The SMILES string of the molecule is Clc1cccc(C2CCCCC2Br)c1.